The third-order valence-corrected chi connectivity index (χ3v) is 2.85. The van der Waals surface area contributed by atoms with Crippen LogP contribution in [0.2, 0.25) is 0 Å². The highest BCUT2D eigenvalue weighted by Gasteiger charge is 2.01. The highest BCUT2D eigenvalue weighted by atomic mass is 79.9. The van der Waals surface area contributed by atoms with Gasteiger partial charge in [0, 0.05) is 18.3 Å². The van der Waals surface area contributed by atoms with Gasteiger partial charge in [0.05, 0.1) is 11.6 Å². The highest BCUT2D eigenvalue weighted by molar-refractivity contribution is 9.10. The molecule has 0 saturated heterocycles. The van der Waals surface area contributed by atoms with Gasteiger partial charge in [0.2, 0.25) is 0 Å². The van der Waals surface area contributed by atoms with Crippen LogP contribution in [-0.4, -0.2) is 13.7 Å². The Morgan fingerprint density at radius 1 is 1.53 bits per heavy atom. The van der Waals surface area contributed by atoms with Gasteiger partial charge in [-0.25, -0.2) is 0 Å². The van der Waals surface area contributed by atoms with E-state index in [1.165, 1.54) is 5.57 Å². The van der Waals surface area contributed by atoms with Crippen LogP contribution in [0.5, 0.6) is 5.75 Å². The number of benzene rings is 1. The summed E-state index contributed by atoms with van der Waals surface area (Å²) in [4.78, 5) is 0. The molecular formula is C12H16BrNO. The molecule has 1 rings (SSSR count). The van der Waals surface area contributed by atoms with E-state index in [-0.39, 0.29) is 0 Å². The Bertz CT molecular complexity index is 349. The molecule has 0 aliphatic heterocycles. The number of hydrogen-bond donors (Lipinski definition) is 1. The Labute approximate surface area is 99.5 Å². The zero-order valence-corrected chi connectivity index (χ0v) is 10.7. The topological polar surface area (TPSA) is 21.3 Å². The minimum Gasteiger partial charge on any atom is -0.495 e. The molecule has 0 atom stereocenters. The van der Waals surface area contributed by atoms with Gasteiger partial charge < -0.3 is 10.1 Å². The first-order chi connectivity index (χ1) is 7.17. The van der Waals surface area contributed by atoms with Crippen LogP contribution in [0.4, 0.5) is 5.69 Å². The van der Waals surface area contributed by atoms with Crippen LogP contribution < -0.4 is 10.1 Å². The van der Waals surface area contributed by atoms with Gasteiger partial charge in [-0.05, 0) is 34.5 Å². The van der Waals surface area contributed by atoms with E-state index in [1.807, 2.05) is 18.2 Å². The lowest BCUT2D eigenvalue weighted by atomic mass is 10.2. The van der Waals surface area contributed by atoms with Gasteiger partial charge in [-0.2, -0.15) is 0 Å². The summed E-state index contributed by atoms with van der Waals surface area (Å²) in [7, 11) is 1.66. The molecule has 3 heteroatoms. The SMILES string of the molecule is C=C(CC)CNc1ccc(Br)c(OC)c1. The molecule has 0 aromatic heterocycles. The maximum atomic E-state index is 5.21. The van der Waals surface area contributed by atoms with Gasteiger partial charge in [-0.1, -0.05) is 19.1 Å². The number of halogens is 1. The number of anilines is 1. The average Bonchev–Trinajstić information content (AvgIpc) is 2.27. The number of rotatable bonds is 5. The first kappa shape index (κ1) is 12.1. The van der Waals surface area contributed by atoms with Gasteiger partial charge in [0.15, 0.2) is 0 Å². The lowest BCUT2D eigenvalue weighted by Crippen LogP contribution is -2.03. The van der Waals surface area contributed by atoms with E-state index in [9.17, 15) is 0 Å². The molecule has 0 aliphatic carbocycles. The predicted molar refractivity (Wildman–Crippen MR) is 68.6 cm³/mol. The first-order valence-corrected chi connectivity index (χ1v) is 5.70. The van der Waals surface area contributed by atoms with Gasteiger partial charge in [-0.15, -0.1) is 0 Å². The van der Waals surface area contributed by atoms with Crippen LogP contribution in [0, 0.1) is 0 Å². The third kappa shape index (κ3) is 3.59. The van der Waals surface area contributed by atoms with Gasteiger partial charge in [0.25, 0.3) is 0 Å². The molecule has 15 heavy (non-hydrogen) atoms. The number of methoxy groups -OCH3 is 1. The predicted octanol–water partition coefficient (Wildman–Crippen LogP) is 3.84. The summed E-state index contributed by atoms with van der Waals surface area (Å²) in [6, 6.07) is 5.94. The van der Waals surface area contributed by atoms with E-state index in [0.29, 0.717) is 0 Å². The smallest absolute Gasteiger partial charge is 0.135 e. The van der Waals surface area contributed by atoms with Gasteiger partial charge >= 0.3 is 0 Å². The van der Waals surface area contributed by atoms with Crippen molar-refractivity contribution in [2.45, 2.75) is 13.3 Å². The van der Waals surface area contributed by atoms with Crippen LogP contribution in [0.1, 0.15) is 13.3 Å². The molecule has 0 fully saturated rings. The van der Waals surface area contributed by atoms with E-state index >= 15 is 0 Å². The summed E-state index contributed by atoms with van der Waals surface area (Å²) in [5.41, 5.74) is 2.24. The van der Waals surface area contributed by atoms with Crippen molar-refractivity contribution in [2.24, 2.45) is 0 Å². The summed E-state index contributed by atoms with van der Waals surface area (Å²) < 4.78 is 6.17. The standard InChI is InChI=1S/C12H16BrNO/c1-4-9(2)8-14-10-5-6-11(13)12(7-10)15-3/h5-7,14H,2,4,8H2,1,3H3. The second-order valence-electron chi connectivity index (χ2n) is 3.31. The van der Waals surface area contributed by atoms with Crippen molar-refractivity contribution in [2.75, 3.05) is 19.0 Å². The van der Waals surface area contributed by atoms with Crippen molar-refractivity contribution < 1.29 is 4.74 Å². The fourth-order valence-electron chi connectivity index (χ4n) is 1.12. The summed E-state index contributed by atoms with van der Waals surface area (Å²) in [5.74, 6) is 0.835. The average molecular weight is 270 g/mol. The van der Waals surface area contributed by atoms with E-state index < -0.39 is 0 Å². The molecule has 82 valence electrons. The summed E-state index contributed by atoms with van der Waals surface area (Å²) in [6.07, 6.45) is 1.00. The Balaban J connectivity index is 2.66. The molecule has 0 unspecified atom stereocenters. The van der Waals surface area contributed by atoms with E-state index in [1.54, 1.807) is 7.11 Å². The Morgan fingerprint density at radius 3 is 2.87 bits per heavy atom. The Morgan fingerprint density at radius 2 is 2.27 bits per heavy atom. The molecule has 0 bridgehead atoms. The summed E-state index contributed by atoms with van der Waals surface area (Å²) in [5, 5.41) is 3.30. The minimum atomic E-state index is 0.807. The van der Waals surface area contributed by atoms with Crippen LogP contribution in [0.15, 0.2) is 34.8 Å². The molecule has 0 saturated carbocycles. The minimum absolute atomic E-state index is 0.807. The number of ether oxygens (including phenoxy) is 1. The number of hydrogen-bond acceptors (Lipinski definition) is 2. The van der Waals surface area contributed by atoms with Crippen molar-refractivity contribution in [3.05, 3.63) is 34.8 Å². The largest absolute Gasteiger partial charge is 0.495 e. The quantitative estimate of drug-likeness (QED) is 0.821. The van der Waals surface area contributed by atoms with Crippen LogP contribution in [0.25, 0.3) is 0 Å². The zero-order valence-electron chi connectivity index (χ0n) is 9.14. The highest BCUT2D eigenvalue weighted by Crippen LogP contribution is 2.27. The Kier molecular flexibility index (Phi) is 4.69. The van der Waals surface area contributed by atoms with E-state index in [0.717, 1.165) is 28.9 Å². The molecule has 0 spiro atoms. The Hall–Kier alpha value is -0.960. The molecule has 0 heterocycles. The molecule has 1 aromatic rings. The monoisotopic (exact) mass is 269 g/mol. The molecule has 1 aromatic carbocycles. The molecule has 2 nitrogen and oxygen atoms in total. The molecule has 0 radical (unpaired) electrons. The second kappa shape index (κ2) is 5.81. The fourth-order valence-corrected chi connectivity index (χ4v) is 1.53. The van der Waals surface area contributed by atoms with Crippen LogP contribution in [-0.2, 0) is 0 Å². The van der Waals surface area contributed by atoms with Crippen molar-refractivity contribution in [3.8, 4) is 5.75 Å². The van der Waals surface area contributed by atoms with E-state index in [2.05, 4.69) is 34.7 Å². The lowest BCUT2D eigenvalue weighted by molar-refractivity contribution is 0.412. The van der Waals surface area contributed by atoms with Crippen molar-refractivity contribution in [3.63, 3.8) is 0 Å². The van der Waals surface area contributed by atoms with Crippen LogP contribution >= 0.6 is 15.9 Å². The van der Waals surface area contributed by atoms with E-state index in [4.69, 9.17) is 4.74 Å². The molecule has 0 aliphatic rings. The molecular weight excluding hydrogens is 254 g/mol. The molecule has 0 amide bonds. The second-order valence-corrected chi connectivity index (χ2v) is 4.16. The zero-order chi connectivity index (χ0) is 11.3. The maximum Gasteiger partial charge on any atom is 0.135 e. The van der Waals surface area contributed by atoms with Gasteiger partial charge in [0.1, 0.15) is 5.75 Å². The third-order valence-electron chi connectivity index (χ3n) is 2.19. The van der Waals surface area contributed by atoms with Crippen molar-refractivity contribution >= 4 is 21.6 Å². The summed E-state index contributed by atoms with van der Waals surface area (Å²) in [6.45, 7) is 6.86. The van der Waals surface area contributed by atoms with Crippen molar-refractivity contribution in [1.82, 2.24) is 0 Å². The van der Waals surface area contributed by atoms with Gasteiger partial charge in [-0.3, -0.25) is 0 Å². The fraction of sp³-hybridized carbons (Fsp3) is 0.333. The number of nitrogens with one attached hydrogen (secondary N) is 1. The van der Waals surface area contributed by atoms with Crippen molar-refractivity contribution in [1.29, 1.82) is 0 Å². The summed E-state index contributed by atoms with van der Waals surface area (Å²) >= 11 is 3.41. The molecule has 1 N–H and O–H groups in total. The van der Waals surface area contributed by atoms with Crippen LogP contribution in [0.3, 0.4) is 0 Å². The lowest BCUT2D eigenvalue weighted by Gasteiger charge is -2.10. The maximum absolute atomic E-state index is 5.21. The first-order valence-electron chi connectivity index (χ1n) is 4.91. The normalized spacial score (nSPS) is 9.80.